The maximum atomic E-state index is 6.75. The van der Waals surface area contributed by atoms with Gasteiger partial charge in [-0.15, -0.1) is 0 Å². The van der Waals surface area contributed by atoms with Crippen molar-refractivity contribution in [2.75, 3.05) is 0 Å². The van der Waals surface area contributed by atoms with Gasteiger partial charge in [0, 0.05) is 57.2 Å². The maximum Gasteiger partial charge on any atom is 0.129 e. The molecule has 0 bridgehead atoms. The van der Waals surface area contributed by atoms with Gasteiger partial charge in [0.25, 0.3) is 0 Å². The van der Waals surface area contributed by atoms with Crippen LogP contribution in [0.4, 0.5) is 0 Å². The number of rotatable bonds is 5. The highest BCUT2D eigenvalue weighted by Gasteiger charge is 2.49. The molecule has 2 fully saturated rings. The largest absolute Gasteiger partial charge is 0.489 e. The van der Waals surface area contributed by atoms with Crippen molar-refractivity contribution in [2.45, 2.75) is 131 Å². The number of fused-ring (bicyclic) bond motifs is 7. The Hall–Kier alpha value is -3.11. The third-order valence-corrected chi connectivity index (χ3v) is 16.6. The first-order chi connectivity index (χ1) is 25.8. The molecule has 3 nitrogen and oxygen atoms in total. The van der Waals surface area contributed by atoms with Gasteiger partial charge in [0.15, 0.2) is 0 Å². The minimum Gasteiger partial charge on any atom is -0.489 e. The predicted octanol–water partition coefficient (Wildman–Crippen LogP) is 11.5. The first-order valence-corrected chi connectivity index (χ1v) is 22.3. The van der Waals surface area contributed by atoms with Crippen LogP contribution in [0.3, 0.4) is 0 Å². The Kier molecular flexibility index (Phi) is 8.29. The van der Waals surface area contributed by atoms with Crippen molar-refractivity contribution in [3.63, 3.8) is 0 Å². The van der Waals surface area contributed by atoms with Crippen LogP contribution in [0, 0.1) is 29.6 Å². The Labute approximate surface area is 316 Å². The fraction of sp³-hybridized carbons (Fsp3) is 0.542. The highest BCUT2D eigenvalue weighted by Crippen LogP contribution is 2.56. The quantitative estimate of drug-likeness (QED) is 0.264. The summed E-state index contributed by atoms with van der Waals surface area (Å²) in [5.41, 5.74) is 11.1. The van der Waals surface area contributed by atoms with E-state index in [1.165, 1.54) is 93.4 Å². The molecule has 0 aromatic carbocycles. The van der Waals surface area contributed by atoms with E-state index in [2.05, 4.69) is 107 Å². The molecule has 0 amide bonds. The summed E-state index contributed by atoms with van der Waals surface area (Å²) in [6, 6.07) is 0.889. The van der Waals surface area contributed by atoms with Crippen molar-refractivity contribution in [1.82, 2.24) is 9.80 Å². The summed E-state index contributed by atoms with van der Waals surface area (Å²) in [5.74, 6) is 4.35. The lowest BCUT2D eigenvalue weighted by molar-refractivity contribution is 0.142. The first-order valence-electron chi connectivity index (χ1n) is 21.3. The maximum absolute atomic E-state index is 6.75. The molecule has 0 spiro atoms. The van der Waals surface area contributed by atoms with Gasteiger partial charge in [-0.25, -0.2) is 0 Å². The fourth-order valence-electron chi connectivity index (χ4n) is 12.5. The van der Waals surface area contributed by atoms with E-state index in [0.717, 1.165) is 49.2 Å². The SMILES string of the molecule is C1=CCCC(N2C3=C(CC(N(C4=CC5C(CC4)SC4C=CCCC45)C4=CC=CC5OC6=C(C=CCC6)C45)C=C3)C3C=C(C4CCCCC4)CCC32)=C1. The van der Waals surface area contributed by atoms with Crippen LogP contribution in [-0.4, -0.2) is 38.5 Å². The smallest absolute Gasteiger partial charge is 0.129 e. The van der Waals surface area contributed by atoms with Crippen LogP contribution in [0.25, 0.3) is 0 Å². The zero-order chi connectivity index (χ0) is 34.2. The Bertz CT molecular complexity index is 1840. The summed E-state index contributed by atoms with van der Waals surface area (Å²) in [7, 11) is 0. The standard InChI is InChI=1S/C48H56N2OS/c1-3-12-31(13-4-1)32-22-25-41-38(28-32)39-29-34(23-26-42(39)50(41)33-14-5-2-6-15-33)49(35-24-27-47-40(30-35)36-16-8-10-21-46(36)52-47)43-18-11-20-45-48(43)37-17-7-9-19-44(37)51-45/h2,5,7,10-11,14,17-18,20-21,23,26,28,30-31,34,36,38,40-41,45-48H,1,3-4,6,8-9,12-13,15-16,19,22,24-25,27,29H2. The molecule has 0 N–H and O–H groups in total. The van der Waals surface area contributed by atoms with Crippen LogP contribution in [0.1, 0.15) is 103 Å². The Morgan fingerprint density at radius 3 is 2.65 bits per heavy atom. The molecule has 1 saturated carbocycles. The molecule has 11 aliphatic rings. The lowest BCUT2D eigenvalue weighted by atomic mass is 9.73. The lowest BCUT2D eigenvalue weighted by Gasteiger charge is -2.44. The van der Waals surface area contributed by atoms with Gasteiger partial charge in [-0.2, -0.15) is 11.8 Å². The number of hydrogen-bond acceptors (Lipinski definition) is 4. The Morgan fingerprint density at radius 2 is 1.73 bits per heavy atom. The van der Waals surface area contributed by atoms with Crippen LogP contribution < -0.4 is 0 Å². The average Bonchev–Trinajstić information content (AvgIpc) is 3.88. The van der Waals surface area contributed by atoms with Crippen molar-refractivity contribution in [3.8, 4) is 0 Å². The second kappa shape index (κ2) is 13.3. The Morgan fingerprint density at radius 1 is 0.788 bits per heavy atom. The van der Waals surface area contributed by atoms with Gasteiger partial charge in [0.1, 0.15) is 11.9 Å². The summed E-state index contributed by atoms with van der Waals surface area (Å²) in [6.45, 7) is 0. The second-order valence-corrected chi connectivity index (χ2v) is 19.0. The van der Waals surface area contributed by atoms with E-state index in [9.17, 15) is 0 Å². The molecule has 4 heteroatoms. The van der Waals surface area contributed by atoms with Gasteiger partial charge in [0.05, 0.1) is 12.0 Å². The molecule has 3 heterocycles. The van der Waals surface area contributed by atoms with Crippen molar-refractivity contribution in [2.24, 2.45) is 29.6 Å². The average molecular weight is 709 g/mol. The molecule has 0 radical (unpaired) electrons. The van der Waals surface area contributed by atoms with Gasteiger partial charge in [-0.05, 0) is 125 Å². The molecule has 11 rings (SSSR count). The van der Waals surface area contributed by atoms with E-state index in [4.69, 9.17) is 4.74 Å². The number of hydrogen-bond donors (Lipinski definition) is 0. The highest BCUT2D eigenvalue weighted by molar-refractivity contribution is 8.01. The third kappa shape index (κ3) is 5.35. The van der Waals surface area contributed by atoms with Crippen molar-refractivity contribution in [3.05, 3.63) is 130 Å². The van der Waals surface area contributed by atoms with E-state index in [1.807, 2.05) is 0 Å². The van der Waals surface area contributed by atoms with Gasteiger partial charge in [0.2, 0.25) is 0 Å². The zero-order valence-corrected chi connectivity index (χ0v) is 31.7. The molecule has 3 aliphatic heterocycles. The van der Waals surface area contributed by atoms with E-state index in [-0.39, 0.29) is 12.0 Å². The molecule has 8 aliphatic carbocycles. The van der Waals surface area contributed by atoms with Crippen LogP contribution in [-0.2, 0) is 4.74 Å². The molecule has 270 valence electrons. The van der Waals surface area contributed by atoms with E-state index in [1.54, 1.807) is 22.5 Å². The van der Waals surface area contributed by atoms with Crippen LogP contribution in [0.5, 0.6) is 0 Å². The zero-order valence-electron chi connectivity index (χ0n) is 30.9. The van der Waals surface area contributed by atoms with Crippen molar-refractivity contribution >= 4 is 11.8 Å². The molecule has 52 heavy (non-hydrogen) atoms. The van der Waals surface area contributed by atoms with Gasteiger partial charge < -0.3 is 14.5 Å². The minimum absolute atomic E-state index is 0.112. The number of thioether (sulfide) groups is 1. The topological polar surface area (TPSA) is 15.7 Å². The number of ether oxygens (including phenoxy) is 1. The monoisotopic (exact) mass is 708 g/mol. The second-order valence-electron chi connectivity index (χ2n) is 17.6. The molecule has 0 aromatic heterocycles. The Balaban J connectivity index is 0.993. The van der Waals surface area contributed by atoms with E-state index in [0.29, 0.717) is 29.2 Å². The summed E-state index contributed by atoms with van der Waals surface area (Å²) < 4.78 is 6.75. The van der Waals surface area contributed by atoms with Crippen molar-refractivity contribution in [1.29, 1.82) is 0 Å². The molecular weight excluding hydrogens is 653 g/mol. The lowest BCUT2D eigenvalue weighted by Crippen LogP contribution is -2.41. The normalized spacial score (nSPS) is 38.8. The summed E-state index contributed by atoms with van der Waals surface area (Å²) >= 11 is 2.29. The van der Waals surface area contributed by atoms with Crippen LogP contribution in [0.15, 0.2) is 130 Å². The van der Waals surface area contributed by atoms with Gasteiger partial charge in [-0.3, -0.25) is 0 Å². The molecular formula is C48H56N2OS. The van der Waals surface area contributed by atoms with Gasteiger partial charge >= 0.3 is 0 Å². The highest BCUT2D eigenvalue weighted by atomic mass is 32.2. The molecule has 1 saturated heterocycles. The summed E-state index contributed by atoms with van der Waals surface area (Å²) in [6.07, 6.45) is 55.4. The van der Waals surface area contributed by atoms with Crippen LogP contribution >= 0.6 is 11.8 Å². The first kappa shape index (κ1) is 32.3. The number of nitrogens with zero attached hydrogens (tertiary/aromatic N) is 2. The summed E-state index contributed by atoms with van der Waals surface area (Å²) in [4.78, 5) is 5.73. The third-order valence-electron chi connectivity index (χ3n) is 14.8. The summed E-state index contributed by atoms with van der Waals surface area (Å²) in [5, 5.41) is 1.48. The van der Waals surface area contributed by atoms with Crippen LogP contribution in [0.2, 0.25) is 0 Å². The van der Waals surface area contributed by atoms with Crippen molar-refractivity contribution < 1.29 is 4.74 Å². The molecule has 9 atom stereocenters. The number of allylic oxidation sites excluding steroid dienone is 14. The van der Waals surface area contributed by atoms with Gasteiger partial charge in [-0.1, -0.05) is 85.6 Å². The van der Waals surface area contributed by atoms with E-state index < -0.39 is 0 Å². The molecule has 0 aromatic rings. The minimum atomic E-state index is 0.112. The molecule has 9 unspecified atom stereocenters. The predicted molar refractivity (Wildman–Crippen MR) is 215 cm³/mol. The van der Waals surface area contributed by atoms with E-state index >= 15 is 0 Å². The fourth-order valence-corrected chi connectivity index (χ4v) is 14.3.